The van der Waals surface area contributed by atoms with Crippen LogP contribution in [0.15, 0.2) is 33.2 Å². The highest BCUT2D eigenvalue weighted by molar-refractivity contribution is 9.10. The molecule has 0 amide bonds. The van der Waals surface area contributed by atoms with Crippen molar-refractivity contribution in [2.45, 2.75) is 13.0 Å². The van der Waals surface area contributed by atoms with Crippen LogP contribution in [0.4, 0.5) is 0 Å². The van der Waals surface area contributed by atoms with Gasteiger partial charge in [-0.05, 0) is 19.1 Å². The van der Waals surface area contributed by atoms with Gasteiger partial charge in [0.2, 0.25) is 0 Å². The van der Waals surface area contributed by atoms with E-state index in [1.165, 1.54) is 5.54 Å². The fourth-order valence-corrected chi connectivity index (χ4v) is 1.61. The third-order valence-electron chi connectivity index (χ3n) is 1.91. The molecule has 0 saturated heterocycles. The van der Waals surface area contributed by atoms with Crippen LogP contribution in [0.3, 0.4) is 0 Å². The summed E-state index contributed by atoms with van der Waals surface area (Å²) in [6, 6.07) is 5.41. The van der Waals surface area contributed by atoms with Crippen LogP contribution in [0.2, 0.25) is 0 Å². The van der Waals surface area contributed by atoms with Gasteiger partial charge in [-0.15, -0.1) is 0 Å². The zero-order chi connectivity index (χ0) is 12.1. The first kappa shape index (κ1) is 13.8. The Hall–Kier alpha value is -0.220. The third kappa shape index (κ3) is 3.98. The fraction of sp³-hybridized carbons (Fsp3) is 0.273. The molecule has 0 bridgehead atoms. The summed E-state index contributed by atoms with van der Waals surface area (Å²) in [5, 5.41) is 9.95. The highest BCUT2D eigenvalue weighted by atomic mass is 79.9. The van der Waals surface area contributed by atoms with Crippen molar-refractivity contribution in [3.63, 3.8) is 0 Å². The summed E-state index contributed by atoms with van der Waals surface area (Å²) in [5.41, 5.74) is 1.96. The molecule has 0 heterocycles. The highest BCUT2D eigenvalue weighted by Gasteiger charge is 2.09. The molecule has 1 N–H and O–H groups in total. The Kier molecular flexibility index (Phi) is 5.62. The van der Waals surface area contributed by atoms with E-state index in [9.17, 15) is 5.11 Å². The molecule has 0 unspecified atom stereocenters. The second-order valence-electron chi connectivity index (χ2n) is 3.20. The molecule has 1 aromatic carbocycles. The molecule has 16 heavy (non-hydrogen) atoms. The summed E-state index contributed by atoms with van der Waals surface area (Å²) in [7, 11) is 0. The lowest BCUT2D eigenvalue weighted by atomic mass is 10.1. The zero-order valence-electron chi connectivity index (χ0n) is 8.58. The van der Waals surface area contributed by atoms with E-state index < -0.39 is 6.10 Å². The topological polar surface area (TPSA) is 29.5 Å². The van der Waals surface area contributed by atoms with E-state index in [2.05, 4.69) is 15.9 Å². The molecule has 2 nitrogen and oxygen atoms in total. The number of halogens is 3. The SMILES string of the molecule is C[C@H](O)c1ccc(Br)cc1OC/C(Cl)=C/Cl. The van der Waals surface area contributed by atoms with Crippen LogP contribution in [0.25, 0.3) is 0 Å². The maximum Gasteiger partial charge on any atom is 0.126 e. The lowest BCUT2D eigenvalue weighted by Crippen LogP contribution is -2.02. The van der Waals surface area contributed by atoms with Gasteiger partial charge < -0.3 is 9.84 Å². The minimum atomic E-state index is -0.596. The number of ether oxygens (including phenoxy) is 1. The molecule has 0 aliphatic carbocycles. The van der Waals surface area contributed by atoms with Crippen LogP contribution in [-0.2, 0) is 0 Å². The molecule has 0 saturated carbocycles. The Bertz CT molecular complexity index is 392. The quantitative estimate of drug-likeness (QED) is 0.899. The third-order valence-corrected chi connectivity index (χ3v) is 3.00. The minimum absolute atomic E-state index is 0.182. The van der Waals surface area contributed by atoms with Gasteiger partial charge in [0.25, 0.3) is 0 Å². The van der Waals surface area contributed by atoms with Crippen LogP contribution in [0, 0.1) is 0 Å². The molecular formula is C11H11BrCl2O2. The Labute approximate surface area is 113 Å². The molecule has 0 aromatic heterocycles. The maximum atomic E-state index is 9.55. The smallest absolute Gasteiger partial charge is 0.126 e. The number of aliphatic hydroxyl groups excluding tert-OH is 1. The highest BCUT2D eigenvalue weighted by Crippen LogP contribution is 2.29. The minimum Gasteiger partial charge on any atom is -0.488 e. The van der Waals surface area contributed by atoms with Crippen molar-refractivity contribution in [3.05, 3.63) is 38.8 Å². The number of benzene rings is 1. The predicted molar refractivity (Wildman–Crippen MR) is 70.1 cm³/mol. The average Bonchev–Trinajstić information content (AvgIpc) is 2.25. The van der Waals surface area contributed by atoms with Gasteiger partial charge in [-0.25, -0.2) is 0 Å². The first-order valence-corrected chi connectivity index (χ1v) is 6.20. The van der Waals surface area contributed by atoms with E-state index in [-0.39, 0.29) is 6.61 Å². The monoisotopic (exact) mass is 324 g/mol. The molecule has 1 rings (SSSR count). The molecular weight excluding hydrogens is 315 g/mol. The van der Waals surface area contributed by atoms with Gasteiger partial charge in [0.1, 0.15) is 12.4 Å². The molecule has 0 aliphatic heterocycles. The van der Waals surface area contributed by atoms with Crippen LogP contribution in [0.1, 0.15) is 18.6 Å². The molecule has 0 fully saturated rings. The Morgan fingerprint density at radius 1 is 1.62 bits per heavy atom. The first-order valence-electron chi connectivity index (χ1n) is 4.59. The van der Waals surface area contributed by atoms with Crippen molar-refractivity contribution in [1.29, 1.82) is 0 Å². The van der Waals surface area contributed by atoms with Crippen LogP contribution in [-0.4, -0.2) is 11.7 Å². The Balaban J connectivity index is 2.88. The summed E-state index contributed by atoms with van der Waals surface area (Å²) in [4.78, 5) is 0. The van der Waals surface area contributed by atoms with Crippen molar-refractivity contribution in [2.24, 2.45) is 0 Å². The summed E-state index contributed by atoms with van der Waals surface area (Å²) in [5.74, 6) is 0.584. The summed E-state index contributed by atoms with van der Waals surface area (Å²) in [6.07, 6.45) is -0.596. The largest absolute Gasteiger partial charge is 0.488 e. The Morgan fingerprint density at radius 2 is 2.31 bits per heavy atom. The van der Waals surface area contributed by atoms with Gasteiger partial charge in [0, 0.05) is 15.6 Å². The van der Waals surface area contributed by atoms with Crippen molar-refractivity contribution in [1.82, 2.24) is 0 Å². The number of hydrogen-bond acceptors (Lipinski definition) is 2. The van der Waals surface area contributed by atoms with Crippen LogP contribution >= 0.6 is 39.1 Å². The van der Waals surface area contributed by atoms with E-state index in [0.29, 0.717) is 16.3 Å². The molecule has 5 heteroatoms. The second-order valence-corrected chi connectivity index (χ2v) is 4.82. The first-order chi connectivity index (χ1) is 7.54. The summed E-state index contributed by atoms with van der Waals surface area (Å²) >= 11 is 14.5. The van der Waals surface area contributed by atoms with Gasteiger partial charge in [-0.1, -0.05) is 45.2 Å². The standard InChI is InChI=1S/C11H11BrCl2O2/c1-7(15)10-3-2-8(12)4-11(10)16-6-9(14)5-13/h2-5,7,15H,6H2,1H3/b9-5-/t7-/m0/s1. The molecule has 0 radical (unpaired) electrons. The lowest BCUT2D eigenvalue weighted by molar-refractivity contribution is 0.193. The van der Waals surface area contributed by atoms with Gasteiger partial charge >= 0.3 is 0 Å². The van der Waals surface area contributed by atoms with Crippen LogP contribution in [0.5, 0.6) is 5.75 Å². The number of aliphatic hydroxyl groups is 1. The molecule has 1 atom stereocenters. The maximum absolute atomic E-state index is 9.55. The second kappa shape index (κ2) is 6.50. The van der Waals surface area contributed by atoms with E-state index >= 15 is 0 Å². The van der Waals surface area contributed by atoms with E-state index in [1.54, 1.807) is 19.1 Å². The fourth-order valence-electron chi connectivity index (χ4n) is 1.16. The zero-order valence-corrected chi connectivity index (χ0v) is 11.7. The Morgan fingerprint density at radius 3 is 2.88 bits per heavy atom. The van der Waals surface area contributed by atoms with E-state index in [4.69, 9.17) is 27.9 Å². The van der Waals surface area contributed by atoms with Crippen molar-refractivity contribution in [2.75, 3.05) is 6.61 Å². The van der Waals surface area contributed by atoms with Crippen molar-refractivity contribution in [3.8, 4) is 5.75 Å². The van der Waals surface area contributed by atoms with E-state index in [0.717, 1.165) is 4.47 Å². The van der Waals surface area contributed by atoms with Gasteiger partial charge in [0.15, 0.2) is 0 Å². The van der Waals surface area contributed by atoms with E-state index in [1.807, 2.05) is 6.07 Å². The molecule has 88 valence electrons. The van der Waals surface area contributed by atoms with Crippen LogP contribution < -0.4 is 4.74 Å². The van der Waals surface area contributed by atoms with Crippen molar-refractivity contribution < 1.29 is 9.84 Å². The predicted octanol–water partition coefficient (Wildman–Crippen LogP) is 4.20. The normalized spacial score (nSPS) is 13.7. The number of rotatable bonds is 4. The lowest BCUT2D eigenvalue weighted by Gasteiger charge is -2.13. The summed E-state index contributed by atoms with van der Waals surface area (Å²) < 4.78 is 6.33. The van der Waals surface area contributed by atoms with Gasteiger partial charge in [-0.2, -0.15) is 0 Å². The van der Waals surface area contributed by atoms with Gasteiger partial charge in [0.05, 0.1) is 11.1 Å². The molecule has 1 aromatic rings. The molecule has 0 aliphatic rings. The average molecular weight is 326 g/mol. The number of hydrogen-bond donors (Lipinski definition) is 1. The van der Waals surface area contributed by atoms with Crippen molar-refractivity contribution >= 4 is 39.1 Å². The molecule has 0 spiro atoms. The summed E-state index contributed by atoms with van der Waals surface area (Å²) in [6.45, 7) is 1.86. The van der Waals surface area contributed by atoms with Gasteiger partial charge in [-0.3, -0.25) is 0 Å².